The highest BCUT2D eigenvalue weighted by molar-refractivity contribution is 8.76. The Morgan fingerprint density at radius 2 is 1.65 bits per heavy atom. The van der Waals surface area contributed by atoms with Crippen LogP contribution in [0.15, 0.2) is 12.2 Å². The summed E-state index contributed by atoms with van der Waals surface area (Å²) in [5.41, 5.74) is 0. The van der Waals surface area contributed by atoms with Gasteiger partial charge in [0.1, 0.15) is 0 Å². The van der Waals surface area contributed by atoms with Crippen molar-refractivity contribution in [1.82, 2.24) is 10.6 Å². The Morgan fingerprint density at radius 1 is 1.05 bits per heavy atom. The van der Waals surface area contributed by atoms with E-state index in [0.29, 0.717) is 19.4 Å². The third-order valence-electron chi connectivity index (χ3n) is 2.41. The Bertz CT molecular complexity index is 297. The number of unbranched alkanes of at least 4 members (excludes halogenated alkanes) is 1. The molecule has 20 heavy (non-hydrogen) atoms. The molecule has 0 heterocycles. The summed E-state index contributed by atoms with van der Waals surface area (Å²) in [6, 6.07) is 0. The minimum Gasteiger partial charge on any atom is -0.356 e. The molecule has 0 unspecified atom stereocenters. The van der Waals surface area contributed by atoms with Crippen molar-refractivity contribution in [3.05, 3.63) is 12.2 Å². The van der Waals surface area contributed by atoms with E-state index in [-0.39, 0.29) is 11.8 Å². The lowest BCUT2D eigenvalue weighted by Gasteiger charge is -2.04. The van der Waals surface area contributed by atoms with Crippen LogP contribution in [-0.4, -0.2) is 36.4 Å². The molecule has 2 amide bonds. The maximum absolute atomic E-state index is 11.4. The van der Waals surface area contributed by atoms with Crippen molar-refractivity contribution in [1.29, 1.82) is 0 Å². The van der Waals surface area contributed by atoms with Crippen LogP contribution in [0.4, 0.5) is 0 Å². The molecule has 0 saturated carbocycles. The van der Waals surface area contributed by atoms with Crippen LogP contribution in [0.5, 0.6) is 0 Å². The number of carbonyl (C=O) groups excluding carboxylic acids is 2. The molecular weight excluding hydrogens is 292 g/mol. The lowest BCUT2D eigenvalue weighted by atomic mass is 10.3. The minimum atomic E-state index is 0.0773. The van der Waals surface area contributed by atoms with E-state index in [0.717, 1.165) is 30.9 Å². The Balaban J connectivity index is 3.31. The van der Waals surface area contributed by atoms with E-state index in [1.165, 1.54) is 0 Å². The third-order valence-corrected chi connectivity index (χ3v) is 4.82. The highest BCUT2D eigenvalue weighted by Crippen LogP contribution is 2.22. The van der Waals surface area contributed by atoms with Gasteiger partial charge in [-0.15, -0.1) is 0 Å². The van der Waals surface area contributed by atoms with Gasteiger partial charge in [0, 0.05) is 37.4 Å². The van der Waals surface area contributed by atoms with Crippen molar-refractivity contribution in [3.63, 3.8) is 0 Å². The number of rotatable bonds is 12. The van der Waals surface area contributed by atoms with Crippen LogP contribution in [-0.2, 0) is 9.59 Å². The molecule has 0 radical (unpaired) electrons. The summed E-state index contributed by atoms with van der Waals surface area (Å²) in [4.78, 5) is 22.8. The molecule has 0 aliphatic heterocycles. The van der Waals surface area contributed by atoms with Gasteiger partial charge < -0.3 is 10.6 Å². The molecule has 0 atom stereocenters. The van der Waals surface area contributed by atoms with E-state index < -0.39 is 0 Å². The number of hydrogen-bond acceptors (Lipinski definition) is 4. The Morgan fingerprint density at radius 3 is 2.20 bits per heavy atom. The van der Waals surface area contributed by atoms with Crippen molar-refractivity contribution < 1.29 is 9.59 Å². The lowest BCUT2D eigenvalue weighted by molar-refractivity contribution is -0.121. The minimum absolute atomic E-state index is 0.0773. The molecule has 0 saturated heterocycles. The van der Waals surface area contributed by atoms with Crippen LogP contribution in [0.25, 0.3) is 0 Å². The second kappa shape index (κ2) is 14.8. The second-order valence-electron chi connectivity index (χ2n) is 4.22. The molecule has 0 fully saturated rings. The largest absolute Gasteiger partial charge is 0.356 e. The fourth-order valence-electron chi connectivity index (χ4n) is 1.26. The Hall–Kier alpha value is -0.620. The van der Waals surface area contributed by atoms with Gasteiger partial charge in [-0.05, 0) is 13.3 Å². The maximum atomic E-state index is 11.4. The topological polar surface area (TPSA) is 58.2 Å². The summed E-state index contributed by atoms with van der Waals surface area (Å²) in [6.45, 7) is 5.41. The highest BCUT2D eigenvalue weighted by atomic mass is 33.1. The van der Waals surface area contributed by atoms with E-state index in [4.69, 9.17) is 0 Å². The monoisotopic (exact) mass is 318 g/mol. The van der Waals surface area contributed by atoms with Gasteiger partial charge in [0.2, 0.25) is 11.8 Å². The molecule has 0 spiro atoms. The molecule has 0 aromatic rings. The molecule has 0 aliphatic carbocycles. The first-order valence-electron chi connectivity index (χ1n) is 7.09. The Kier molecular flexibility index (Phi) is 14.3. The quantitative estimate of drug-likeness (QED) is 0.330. The molecule has 0 aromatic carbocycles. The SMILES string of the molecule is CC=CCNC(=O)CCSSCCC(=O)NCCCC. The standard InChI is InChI=1S/C14H26N2O2S2/c1-3-5-9-15-13(17)7-11-19-20-12-8-14(18)16-10-6-4-2/h3,5H,4,6-12H2,1-2H3,(H,15,17)(H,16,18). The zero-order valence-corrected chi connectivity index (χ0v) is 14.1. The van der Waals surface area contributed by atoms with Gasteiger partial charge in [0.05, 0.1) is 0 Å². The maximum Gasteiger partial charge on any atom is 0.221 e. The molecule has 4 nitrogen and oxygen atoms in total. The molecule has 2 N–H and O–H groups in total. The molecule has 6 heteroatoms. The molecule has 116 valence electrons. The van der Waals surface area contributed by atoms with Gasteiger partial charge in [-0.2, -0.15) is 0 Å². The van der Waals surface area contributed by atoms with Crippen molar-refractivity contribution in [2.24, 2.45) is 0 Å². The number of nitrogens with one attached hydrogen (secondary N) is 2. The van der Waals surface area contributed by atoms with Crippen molar-refractivity contribution in [2.45, 2.75) is 39.5 Å². The molecule has 0 rings (SSSR count). The first kappa shape index (κ1) is 19.4. The van der Waals surface area contributed by atoms with E-state index in [1.807, 2.05) is 19.1 Å². The van der Waals surface area contributed by atoms with E-state index in [9.17, 15) is 9.59 Å². The van der Waals surface area contributed by atoms with Gasteiger partial charge in [0.15, 0.2) is 0 Å². The summed E-state index contributed by atoms with van der Waals surface area (Å²) in [5.74, 6) is 1.77. The van der Waals surface area contributed by atoms with Crippen LogP contribution in [0.3, 0.4) is 0 Å². The summed E-state index contributed by atoms with van der Waals surface area (Å²) in [6.07, 6.45) is 7.04. The van der Waals surface area contributed by atoms with Crippen LogP contribution in [0.2, 0.25) is 0 Å². The van der Waals surface area contributed by atoms with Crippen LogP contribution in [0, 0.1) is 0 Å². The predicted octanol–water partition coefficient (Wildman–Crippen LogP) is 2.76. The third kappa shape index (κ3) is 13.8. The smallest absolute Gasteiger partial charge is 0.221 e. The van der Waals surface area contributed by atoms with Crippen molar-refractivity contribution in [3.8, 4) is 0 Å². The zero-order chi connectivity index (χ0) is 15.1. The number of carbonyl (C=O) groups is 2. The van der Waals surface area contributed by atoms with Crippen LogP contribution >= 0.6 is 21.6 Å². The normalized spacial score (nSPS) is 10.7. The molecular formula is C14H26N2O2S2. The van der Waals surface area contributed by atoms with E-state index in [1.54, 1.807) is 21.6 Å². The first-order valence-corrected chi connectivity index (χ1v) is 9.58. The Labute approximate surface area is 130 Å². The second-order valence-corrected chi connectivity index (χ2v) is 6.92. The zero-order valence-electron chi connectivity index (χ0n) is 12.4. The number of hydrogen-bond donors (Lipinski definition) is 2. The number of amides is 2. The fourth-order valence-corrected chi connectivity index (χ4v) is 3.24. The van der Waals surface area contributed by atoms with Gasteiger partial charge in [-0.1, -0.05) is 47.1 Å². The summed E-state index contributed by atoms with van der Waals surface area (Å²) in [7, 11) is 3.30. The van der Waals surface area contributed by atoms with Gasteiger partial charge >= 0.3 is 0 Å². The highest BCUT2D eigenvalue weighted by Gasteiger charge is 2.02. The molecule has 0 bridgehead atoms. The summed E-state index contributed by atoms with van der Waals surface area (Å²) in [5, 5.41) is 5.70. The van der Waals surface area contributed by atoms with Crippen molar-refractivity contribution >= 4 is 33.4 Å². The molecule has 0 aliphatic rings. The average Bonchev–Trinajstić information content (AvgIpc) is 2.43. The van der Waals surface area contributed by atoms with Crippen LogP contribution in [0.1, 0.15) is 39.5 Å². The predicted molar refractivity (Wildman–Crippen MR) is 89.9 cm³/mol. The van der Waals surface area contributed by atoms with Gasteiger partial charge in [-0.25, -0.2) is 0 Å². The summed E-state index contributed by atoms with van der Waals surface area (Å²) < 4.78 is 0. The number of allylic oxidation sites excluding steroid dienone is 1. The summed E-state index contributed by atoms with van der Waals surface area (Å²) >= 11 is 0. The first-order chi connectivity index (χ1) is 9.70. The van der Waals surface area contributed by atoms with Crippen LogP contribution < -0.4 is 10.6 Å². The fraction of sp³-hybridized carbons (Fsp3) is 0.714. The van der Waals surface area contributed by atoms with E-state index in [2.05, 4.69) is 17.6 Å². The van der Waals surface area contributed by atoms with Crippen molar-refractivity contribution in [2.75, 3.05) is 24.6 Å². The van der Waals surface area contributed by atoms with Gasteiger partial charge in [-0.3, -0.25) is 9.59 Å². The molecule has 0 aromatic heterocycles. The van der Waals surface area contributed by atoms with Gasteiger partial charge in [0.25, 0.3) is 0 Å². The van der Waals surface area contributed by atoms with E-state index >= 15 is 0 Å². The average molecular weight is 319 g/mol. The lowest BCUT2D eigenvalue weighted by Crippen LogP contribution is -2.24.